The van der Waals surface area contributed by atoms with Gasteiger partial charge in [-0.25, -0.2) is 0 Å². The molecule has 3 rings (SSSR count). The molecule has 0 bridgehead atoms. The molecule has 0 aliphatic carbocycles. The topological polar surface area (TPSA) is 111 Å². The molecule has 0 radical (unpaired) electrons. The summed E-state index contributed by atoms with van der Waals surface area (Å²) in [7, 11) is 0. The van der Waals surface area contributed by atoms with Gasteiger partial charge in [0.05, 0.1) is 5.56 Å². The maximum atomic E-state index is 12.6. The number of hydrogen-bond acceptors (Lipinski definition) is 6. The van der Waals surface area contributed by atoms with Crippen LogP contribution in [0.1, 0.15) is 5.56 Å². The summed E-state index contributed by atoms with van der Waals surface area (Å²) in [4.78, 5) is 12.6. The first-order valence-electron chi connectivity index (χ1n) is 6.39. The van der Waals surface area contributed by atoms with Crippen molar-refractivity contribution in [2.45, 2.75) is 6.92 Å². The van der Waals surface area contributed by atoms with E-state index >= 15 is 0 Å². The molecule has 2 aromatic carbocycles. The standard InChI is InChI=1S/C16H12O6/c1-7-11(18)5-13(20)14-15(21)10(6-22-16(7)14)9-3-2-8(17)4-12(9)19/h2-6,17-20H,1H3. The minimum Gasteiger partial charge on any atom is -0.508 e. The Labute approximate surface area is 124 Å². The highest BCUT2D eigenvalue weighted by atomic mass is 16.3. The normalized spacial score (nSPS) is 11.0. The predicted molar refractivity (Wildman–Crippen MR) is 79.3 cm³/mol. The summed E-state index contributed by atoms with van der Waals surface area (Å²) in [5.41, 5.74) is 0.0442. The summed E-state index contributed by atoms with van der Waals surface area (Å²) >= 11 is 0. The number of aromatic hydroxyl groups is 4. The number of hydrogen-bond donors (Lipinski definition) is 4. The zero-order chi connectivity index (χ0) is 16.0. The molecular weight excluding hydrogens is 288 g/mol. The molecule has 0 amide bonds. The van der Waals surface area contributed by atoms with E-state index in [1.165, 1.54) is 12.1 Å². The second kappa shape index (κ2) is 4.70. The van der Waals surface area contributed by atoms with Crippen LogP contribution in [0.4, 0.5) is 0 Å². The van der Waals surface area contributed by atoms with Gasteiger partial charge in [0.15, 0.2) is 0 Å². The van der Waals surface area contributed by atoms with Gasteiger partial charge in [0.2, 0.25) is 5.43 Å². The second-order valence-corrected chi connectivity index (χ2v) is 4.92. The first-order valence-corrected chi connectivity index (χ1v) is 6.39. The first-order chi connectivity index (χ1) is 10.4. The fourth-order valence-electron chi connectivity index (χ4n) is 2.34. The Bertz CT molecular complexity index is 955. The van der Waals surface area contributed by atoms with E-state index in [1.807, 2.05) is 0 Å². The molecule has 3 aromatic rings. The quantitative estimate of drug-likeness (QED) is 0.549. The lowest BCUT2D eigenvalue weighted by atomic mass is 10.0. The third-order valence-corrected chi connectivity index (χ3v) is 3.52. The van der Waals surface area contributed by atoms with Gasteiger partial charge in [0.1, 0.15) is 40.2 Å². The molecule has 0 fully saturated rings. The molecule has 0 aliphatic heterocycles. The van der Waals surface area contributed by atoms with Gasteiger partial charge in [-0.15, -0.1) is 0 Å². The summed E-state index contributed by atoms with van der Waals surface area (Å²) in [6.45, 7) is 1.55. The monoisotopic (exact) mass is 300 g/mol. The van der Waals surface area contributed by atoms with Crippen molar-refractivity contribution in [2.75, 3.05) is 0 Å². The van der Waals surface area contributed by atoms with Gasteiger partial charge >= 0.3 is 0 Å². The van der Waals surface area contributed by atoms with Gasteiger partial charge in [-0.3, -0.25) is 4.79 Å². The van der Waals surface area contributed by atoms with Crippen LogP contribution >= 0.6 is 0 Å². The molecule has 1 aromatic heterocycles. The maximum absolute atomic E-state index is 12.6. The lowest BCUT2D eigenvalue weighted by Crippen LogP contribution is -2.06. The fraction of sp³-hybridized carbons (Fsp3) is 0.0625. The van der Waals surface area contributed by atoms with Crippen LogP contribution in [0.15, 0.2) is 39.7 Å². The molecule has 112 valence electrons. The first kappa shape index (κ1) is 13.8. The summed E-state index contributed by atoms with van der Waals surface area (Å²) in [5, 5.41) is 38.7. The van der Waals surface area contributed by atoms with Crippen molar-refractivity contribution in [3.05, 3.63) is 46.3 Å². The number of phenols is 4. The van der Waals surface area contributed by atoms with E-state index in [0.717, 1.165) is 18.4 Å². The summed E-state index contributed by atoms with van der Waals surface area (Å²) in [6.07, 6.45) is 1.14. The van der Waals surface area contributed by atoms with Crippen LogP contribution in [-0.2, 0) is 0 Å². The van der Waals surface area contributed by atoms with Crippen molar-refractivity contribution in [3.8, 4) is 34.1 Å². The number of rotatable bonds is 1. The van der Waals surface area contributed by atoms with Crippen LogP contribution in [-0.4, -0.2) is 20.4 Å². The number of phenolic OH excluding ortho intramolecular Hbond substituents is 4. The minimum atomic E-state index is -0.553. The molecule has 0 saturated heterocycles. The van der Waals surface area contributed by atoms with Gasteiger partial charge in [0.25, 0.3) is 0 Å². The Balaban J connectivity index is 2.39. The van der Waals surface area contributed by atoms with E-state index in [9.17, 15) is 25.2 Å². The van der Waals surface area contributed by atoms with Crippen LogP contribution in [0.3, 0.4) is 0 Å². The van der Waals surface area contributed by atoms with Gasteiger partial charge < -0.3 is 24.8 Å². The molecule has 0 spiro atoms. The van der Waals surface area contributed by atoms with Crippen LogP contribution in [0, 0.1) is 6.92 Å². The highest BCUT2D eigenvalue weighted by Crippen LogP contribution is 2.35. The Hall–Kier alpha value is -3.15. The van der Waals surface area contributed by atoms with Crippen LogP contribution in [0.25, 0.3) is 22.1 Å². The summed E-state index contributed by atoms with van der Waals surface area (Å²) in [6, 6.07) is 4.85. The molecule has 6 heteroatoms. The molecule has 6 nitrogen and oxygen atoms in total. The molecule has 4 N–H and O–H groups in total. The lowest BCUT2D eigenvalue weighted by Gasteiger charge is -2.09. The van der Waals surface area contributed by atoms with E-state index in [2.05, 4.69) is 0 Å². The average molecular weight is 300 g/mol. The molecule has 0 atom stereocenters. The van der Waals surface area contributed by atoms with E-state index in [4.69, 9.17) is 4.42 Å². The highest BCUT2D eigenvalue weighted by Gasteiger charge is 2.18. The largest absolute Gasteiger partial charge is 0.508 e. The van der Waals surface area contributed by atoms with E-state index in [0.29, 0.717) is 5.56 Å². The van der Waals surface area contributed by atoms with Crippen molar-refractivity contribution in [2.24, 2.45) is 0 Å². The van der Waals surface area contributed by atoms with Crippen molar-refractivity contribution in [3.63, 3.8) is 0 Å². The molecule has 22 heavy (non-hydrogen) atoms. The van der Waals surface area contributed by atoms with E-state index in [1.54, 1.807) is 6.92 Å². The minimum absolute atomic E-state index is 0.0328. The Morgan fingerprint density at radius 3 is 2.32 bits per heavy atom. The van der Waals surface area contributed by atoms with E-state index in [-0.39, 0.29) is 39.3 Å². The van der Waals surface area contributed by atoms with Gasteiger partial charge in [-0.1, -0.05) is 0 Å². The molecule has 0 unspecified atom stereocenters. The zero-order valence-electron chi connectivity index (χ0n) is 11.5. The smallest absolute Gasteiger partial charge is 0.204 e. The van der Waals surface area contributed by atoms with Crippen LogP contribution < -0.4 is 5.43 Å². The maximum Gasteiger partial charge on any atom is 0.204 e. The Morgan fingerprint density at radius 2 is 1.64 bits per heavy atom. The van der Waals surface area contributed by atoms with Crippen molar-refractivity contribution in [1.29, 1.82) is 0 Å². The third-order valence-electron chi connectivity index (χ3n) is 3.52. The molecular formula is C16H12O6. The number of fused-ring (bicyclic) bond motifs is 1. The van der Waals surface area contributed by atoms with Crippen molar-refractivity contribution < 1.29 is 24.8 Å². The Kier molecular flexibility index (Phi) is 2.95. The fourth-order valence-corrected chi connectivity index (χ4v) is 2.34. The van der Waals surface area contributed by atoms with Gasteiger partial charge in [-0.2, -0.15) is 0 Å². The molecule has 1 heterocycles. The highest BCUT2D eigenvalue weighted by molar-refractivity contribution is 5.91. The Morgan fingerprint density at radius 1 is 0.909 bits per heavy atom. The molecule has 0 saturated carbocycles. The summed E-state index contributed by atoms with van der Waals surface area (Å²) < 4.78 is 5.36. The van der Waals surface area contributed by atoms with Crippen molar-refractivity contribution in [1.82, 2.24) is 0 Å². The SMILES string of the molecule is Cc1c(O)cc(O)c2c(=O)c(-c3ccc(O)cc3O)coc12. The third kappa shape index (κ3) is 1.93. The number of aryl methyl sites for hydroxylation is 1. The van der Waals surface area contributed by atoms with Crippen molar-refractivity contribution >= 4 is 11.0 Å². The zero-order valence-corrected chi connectivity index (χ0v) is 11.5. The van der Waals surface area contributed by atoms with Gasteiger partial charge in [0, 0.05) is 23.3 Å². The lowest BCUT2D eigenvalue weighted by molar-refractivity contribution is 0.447. The van der Waals surface area contributed by atoms with Gasteiger partial charge in [-0.05, 0) is 19.1 Å². The average Bonchev–Trinajstić information content (AvgIpc) is 2.45. The number of benzene rings is 2. The summed E-state index contributed by atoms with van der Waals surface area (Å²) in [5.74, 6) is -1.03. The second-order valence-electron chi connectivity index (χ2n) is 4.92. The van der Waals surface area contributed by atoms with E-state index < -0.39 is 11.2 Å². The predicted octanol–water partition coefficient (Wildman–Crippen LogP) is 2.59. The van der Waals surface area contributed by atoms with Crippen LogP contribution in [0.2, 0.25) is 0 Å². The molecule has 0 aliphatic rings. The van der Waals surface area contributed by atoms with Crippen LogP contribution in [0.5, 0.6) is 23.0 Å².